The van der Waals surface area contributed by atoms with Gasteiger partial charge in [0, 0.05) is 28.6 Å². The molecular formula is C27H26N6O2. The number of likely N-dealkylation sites (N-methyl/N-ethyl adjacent to an activating group) is 1. The van der Waals surface area contributed by atoms with E-state index in [2.05, 4.69) is 25.5 Å². The quantitative estimate of drug-likeness (QED) is 0.393. The van der Waals surface area contributed by atoms with Crippen molar-refractivity contribution in [2.45, 2.75) is 13.5 Å². The molecule has 2 heterocycles. The first-order chi connectivity index (χ1) is 16.9. The maximum absolute atomic E-state index is 13.2. The number of hydrogen-bond acceptors (Lipinski definition) is 5. The second-order valence-electron chi connectivity index (χ2n) is 8.82. The standard InChI is InChI=1S/C27H26N6O2/c1-17-16-18(12-13-19(17)24-20-8-4-5-9-21(20)26(34)30-29-24)28-27(35)25-22-10-6-7-11-23(22)33(31-25)15-14-32(2)3/h4-13,16H,14-15H2,1-3H3,(H,28,35)(H,30,34). The molecule has 0 aliphatic carbocycles. The molecule has 2 aromatic heterocycles. The minimum Gasteiger partial charge on any atom is -0.321 e. The van der Waals surface area contributed by atoms with Gasteiger partial charge < -0.3 is 10.2 Å². The Bertz CT molecular complexity index is 1620. The van der Waals surface area contributed by atoms with Gasteiger partial charge in [-0.25, -0.2) is 5.10 Å². The molecular weight excluding hydrogens is 440 g/mol. The van der Waals surface area contributed by atoms with E-state index in [1.54, 1.807) is 6.07 Å². The number of H-pyrrole nitrogens is 1. The molecule has 0 saturated carbocycles. The fraction of sp³-hybridized carbons (Fsp3) is 0.185. The molecule has 0 aliphatic heterocycles. The first-order valence-corrected chi connectivity index (χ1v) is 11.4. The van der Waals surface area contributed by atoms with Crippen LogP contribution in [0.2, 0.25) is 0 Å². The minimum absolute atomic E-state index is 0.219. The molecule has 176 valence electrons. The van der Waals surface area contributed by atoms with Crippen LogP contribution in [0.5, 0.6) is 0 Å². The summed E-state index contributed by atoms with van der Waals surface area (Å²) >= 11 is 0. The summed E-state index contributed by atoms with van der Waals surface area (Å²) < 4.78 is 1.88. The number of nitrogens with zero attached hydrogens (tertiary/aromatic N) is 4. The van der Waals surface area contributed by atoms with Gasteiger partial charge in [0.05, 0.1) is 23.1 Å². The summed E-state index contributed by atoms with van der Waals surface area (Å²) in [6.45, 7) is 3.47. The van der Waals surface area contributed by atoms with Crippen LogP contribution < -0.4 is 10.9 Å². The van der Waals surface area contributed by atoms with Crippen LogP contribution in [0.3, 0.4) is 0 Å². The minimum atomic E-state index is -0.260. The van der Waals surface area contributed by atoms with Crippen molar-refractivity contribution in [1.82, 2.24) is 24.9 Å². The highest BCUT2D eigenvalue weighted by atomic mass is 16.2. The normalized spacial score (nSPS) is 11.4. The molecule has 35 heavy (non-hydrogen) atoms. The van der Waals surface area contributed by atoms with Gasteiger partial charge in [0.2, 0.25) is 0 Å². The van der Waals surface area contributed by atoms with Gasteiger partial charge in [-0.05, 0) is 50.8 Å². The summed E-state index contributed by atoms with van der Waals surface area (Å²) in [5.41, 5.74) is 4.28. The summed E-state index contributed by atoms with van der Waals surface area (Å²) in [4.78, 5) is 27.4. The number of hydrogen-bond donors (Lipinski definition) is 2. The Morgan fingerprint density at radius 2 is 1.71 bits per heavy atom. The summed E-state index contributed by atoms with van der Waals surface area (Å²) in [7, 11) is 4.02. The molecule has 1 amide bonds. The summed E-state index contributed by atoms with van der Waals surface area (Å²) in [6, 6.07) is 20.8. The molecule has 2 N–H and O–H groups in total. The van der Waals surface area contributed by atoms with Crippen molar-refractivity contribution in [2.24, 2.45) is 0 Å². The number of aryl methyl sites for hydroxylation is 1. The van der Waals surface area contributed by atoms with Crippen LogP contribution in [0.1, 0.15) is 16.1 Å². The summed E-state index contributed by atoms with van der Waals surface area (Å²) in [5.74, 6) is -0.260. The van der Waals surface area contributed by atoms with Crippen LogP contribution in [-0.2, 0) is 6.54 Å². The number of fused-ring (bicyclic) bond motifs is 2. The van der Waals surface area contributed by atoms with E-state index in [1.165, 1.54) is 0 Å². The van der Waals surface area contributed by atoms with E-state index in [0.29, 0.717) is 29.0 Å². The van der Waals surface area contributed by atoms with Crippen molar-refractivity contribution in [3.63, 3.8) is 0 Å². The van der Waals surface area contributed by atoms with Crippen LogP contribution in [0.25, 0.3) is 32.9 Å². The Hall–Kier alpha value is -4.30. The SMILES string of the molecule is Cc1cc(NC(=O)c2nn(CCN(C)C)c3ccccc23)ccc1-c1n[nH]c(=O)c2ccccc12. The molecule has 0 fully saturated rings. The molecule has 0 saturated heterocycles. The first kappa shape index (κ1) is 22.5. The van der Waals surface area contributed by atoms with Crippen LogP contribution in [0, 0.1) is 6.92 Å². The van der Waals surface area contributed by atoms with E-state index in [-0.39, 0.29) is 11.5 Å². The number of nitrogens with one attached hydrogen (secondary N) is 2. The van der Waals surface area contributed by atoms with Crippen molar-refractivity contribution in [2.75, 3.05) is 26.0 Å². The van der Waals surface area contributed by atoms with E-state index in [1.807, 2.05) is 86.4 Å². The van der Waals surface area contributed by atoms with E-state index in [0.717, 1.165) is 34.0 Å². The van der Waals surface area contributed by atoms with Gasteiger partial charge in [0.1, 0.15) is 0 Å². The van der Waals surface area contributed by atoms with Gasteiger partial charge in [-0.15, -0.1) is 0 Å². The molecule has 0 spiro atoms. The zero-order valence-electron chi connectivity index (χ0n) is 19.9. The molecule has 3 aromatic carbocycles. The topological polar surface area (TPSA) is 95.9 Å². The molecule has 0 aliphatic rings. The fourth-order valence-corrected chi connectivity index (χ4v) is 4.28. The van der Waals surface area contributed by atoms with E-state index < -0.39 is 0 Å². The smallest absolute Gasteiger partial charge is 0.276 e. The molecule has 0 radical (unpaired) electrons. The van der Waals surface area contributed by atoms with Gasteiger partial charge in [-0.3, -0.25) is 14.3 Å². The zero-order valence-corrected chi connectivity index (χ0v) is 19.9. The zero-order chi connectivity index (χ0) is 24.5. The van der Waals surface area contributed by atoms with Gasteiger partial charge in [0.15, 0.2) is 5.69 Å². The number of carbonyl (C=O) groups excluding carboxylic acids is 1. The lowest BCUT2D eigenvalue weighted by atomic mass is 10.0. The highest BCUT2D eigenvalue weighted by molar-refractivity contribution is 6.11. The van der Waals surface area contributed by atoms with E-state index in [4.69, 9.17) is 0 Å². The molecule has 0 unspecified atom stereocenters. The number of rotatable bonds is 6. The number of para-hydroxylation sites is 1. The monoisotopic (exact) mass is 466 g/mol. The average Bonchev–Trinajstić information content (AvgIpc) is 3.23. The van der Waals surface area contributed by atoms with Crippen LogP contribution in [-0.4, -0.2) is 51.4 Å². The summed E-state index contributed by atoms with van der Waals surface area (Å²) in [5, 5.41) is 16.7. The Morgan fingerprint density at radius 1 is 1.00 bits per heavy atom. The molecule has 8 nitrogen and oxygen atoms in total. The molecule has 5 aromatic rings. The predicted molar refractivity (Wildman–Crippen MR) is 139 cm³/mol. The maximum atomic E-state index is 13.2. The van der Waals surface area contributed by atoms with E-state index in [9.17, 15) is 9.59 Å². The van der Waals surface area contributed by atoms with Gasteiger partial charge in [-0.2, -0.15) is 10.2 Å². The number of benzene rings is 3. The average molecular weight is 467 g/mol. The number of aromatic nitrogens is 4. The van der Waals surface area contributed by atoms with Crippen molar-refractivity contribution < 1.29 is 4.79 Å². The van der Waals surface area contributed by atoms with Gasteiger partial charge in [-0.1, -0.05) is 42.5 Å². The predicted octanol–water partition coefficient (Wildman–Crippen LogP) is 4.06. The Labute approximate surface area is 202 Å². The second-order valence-corrected chi connectivity index (χ2v) is 8.82. The Kier molecular flexibility index (Phi) is 5.88. The molecule has 0 bridgehead atoms. The number of anilines is 1. The Morgan fingerprint density at radius 3 is 2.46 bits per heavy atom. The Balaban J connectivity index is 1.45. The number of aromatic amines is 1. The third-order valence-corrected chi connectivity index (χ3v) is 6.07. The highest BCUT2D eigenvalue weighted by Gasteiger charge is 2.18. The van der Waals surface area contributed by atoms with Crippen molar-refractivity contribution in [1.29, 1.82) is 0 Å². The van der Waals surface area contributed by atoms with Crippen molar-refractivity contribution in [3.05, 3.63) is 88.3 Å². The van der Waals surface area contributed by atoms with Crippen LogP contribution in [0.4, 0.5) is 5.69 Å². The lowest BCUT2D eigenvalue weighted by molar-refractivity contribution is 0.102. The van der Waals surface area contributed by atoms with Crippen molar-refractivity contribution in [3.8, 4) is 11.3 Å². The van der Waals surface area contributed by atoms with Gasteiger partial charge in [0.25, 0.3) is 11.5 Å². The third kappa shape index (κ3) is 4.31. The van der Waals surface area contributed by atoms with Crippen LogP contribution >= 0.6 is 0 Å². The lowest BCUT2D eigenvalue weighted by Crippen LogP contribution is -2.19. The second kappa shape index (κ2) is 9.15. The van der Waals surface area contributed by atoms with Crippen LogP contribution in [0.15, 0.2) is 71.5 Å². The molecule has 5 rings (SSSR count). The highest BCUT2D eigenvalue weighted by Crippen LogP contribution is 2.29. The maximum Gasteiger partial charge on any atom is 0.276 e. The number of amides is 1. The molecule has 8 heteroatoms. The van der Waals surface area contributed by atoms with Crippen molar-refractivity contribution >= 4 is 33.3 Å². The third-order valence-electron chi connectivity index (χ3n) is 6.07. The first-order valence-electron chi connectivity index (χ1n) is 11.4. The molecule has 0 atom stereocenters. The van der Waals surface area contributed by atoms with E-state index >= 15 is 0 Å². The summed E-state index contributed by atoms with van der Waals surface area (Å²) in [6.07, 6.45) is 0. The number of carbonyl (C=O) groups is 1. The van der Waals surface area contributed by atoms with Gasteiger partial charge >= 0.3 is 0 Å². The lowest BCUT2D eigenvalue weighted by Gasteiger charge is -2.11. The fourth-order valence-electron chi connectivity index (χ4n) is 4.28. The largest absolute Gasteiger partial charge is 0.321 e.